The van der Waals surface area contributed by atoms with E-state index in [1.54, 1.807) is 0 Å². The minimum Gasteiger partial charge on any atom is -0.302 e. The summed E-state index contributed by atoms with van der Waals surface area (Å²) in [6.45, 7) is 18.8. The molecule has 0 amide bonds. The maximum atomic E-state index is 2.54. The summed E-state index contributed by atoms with van der Waals surface area (Å²) in [6, 6.07) is 0. The van der Waals surface area contributed by atoms with Crippen LogP contribution < -0.4 is 0 Å². The second-order valence-corrected chi connectivity index (χ2v) is 3.91. The number of hydrogen-bond donors (Lipinski definition) is 0. The van der Waals surface area contributed by atoms with Gasteiger partial charge in [0, 0.05) is 13.1 Å². The number of likely N-dealkylation sites (tertiary alicyclic amines) is 1. The quantitative estimate of drug-likeness (QED) is 0.664. The number of hydrogen-bond acceptors (Lipinski definition) is 1. The van der Waals surface area contributed by atoms with Crippen molar-refractivity contribution in [2.45, 2.75) is 67.7 Å². The highest BCUT2D eigenvalue weighted by atomic mass is 15.2. The van der Waals surface area contributed by atoms with Crippen LogP contribution in [0.1, 0.15) is 67.7 Å². The number of rotatable bonds is 4. The third-order valence-electron chi connectivity index (χ3n) is 3.10. The molecule has 0 radical (unpaired) electrons. The van der Waals surface area contributed by atoms with Crippen LogP contribution in [0, 0.1) is 5.41 Å². The molecule has 1 rings (SSSR count). The van der Waals surface area contributed by atoms with E-state index in [2.05, 4.69) is 25.7 Å². The van der Waals surface area contributed by atoms with Crippen molar-refractivity contribution in [1.82, 2.24) is 4.90 Å². The lowest BCUT2D eigenvalue weighted by molar-refractivity contribution is -0.00600. The summed E-state index contributed by atoms with van der Waals surface area (Å²) < 4.78 is 0. The SMILES string of the molecule is CC.CC.CCCC1(CC)CN(CC)C1. The van der Waals surface area contributed by atoms with Crippen molar-refractivity contribution in [1.29, 1.82) is 0 Å². The molecule has 1 aliphatic rings. The molecular weight excluding hydrogens is 182 g/mol. The highest BCUT2D eigenvalue weighted by Gasteiger charge is 2.39. The van der Waals surface area contributed by atoms with E-state index in [0.717, 1.165) is 0 Å². The molecule has 0 N–H and O–H groups in total. The van der Waals surface area contributed by atoms with Crippen molar-refractivity contribution in [3.05, 3.63) is 0 Å². The first-order chi connectivity index (χ1) is 7.26. The molecule has 15 heavy (non-hydrogen) atoms. The molecule has 1 aliphatic heterocycles. The van der Waals surface area contributed by atoms with E-state index < -0.39 is 0 Å². The van der Waals surface area contributed by atoms with Gasteiger partial charge in [0.15, 0.2) is 0 Å². The van der Waals surface area contributed by atoms with Gasteiger partial charge in [0.1, 0.15) is 0 Å². The largest absolute Gasteiger partial charge is 0.302 e. The Labute approximate surface area is 98.2 Å². The highest BCUT2D eigenvalue weighted by molar-refractivity contribution is 4.92. The second-order valence-electron chi connectivity index (χ2n) is 3.91. The van der Waals surface area contributed by atoms with Crippen LogP contribution in [0.4, 0.5) is 0 Å². The van der Waals surface area contributed by atoms with Gasteiger partial charge in [-0.3, -0.25) is 0 Å². The van der Waals surface area contributed by atoms with Gasteiger partial charge in [-0.05, 0) is 24.8 Å². The summed E-state index contributed by atoms with van der Waals surface area (Å²) in [7, 11) is 0. The Morgan fingerprint density at radius 1 is 0.933 bits per heavy atom. The van der Waals surface area contributed by atoms with E-state index in [9.17, 15) is 0 Å². The predicted molar refractivity (Wildman–Crippen MR) is 72.4 cm³/mol. The molecule has 0 aromatic carbocycles. The first-order valence-electron chi connectivity index (χ1n) is 6.98. The molecule has 1 fully saturated rings. The monoisotopic (exact) mass is 215 g/mol. The van der Waals surface area contributed by atoms with E-state index in [-0.39, 0.29) is 0 Å². The summed E-state index contributed by atoms with van der Waals surface area (Å²) in [5, 5.41) is 0. The number of nitrogens with zero attached hydrogens (tertiary/aromatic N) is 1. The average Bonchev–Trinajstić information content (AvgIpc) is 2.28. The fraction of sp³-hybridized carbons (Fsp3) is 1.00. The van der Waals surface area contributed by atoms with Gasteiger partial charge < -0.3 is 4.90 Å². The molecular formula is C14H33N. The molecule has 1 heteroatoms. The van der Waals surface area contributed by atoms with Crippen LogP contribution in [0.15, 0.2) is 0 Å². The molecule has 0 bridgehead atoms. The Morgan fingerprint density at radius 3 is 1.67 bits per heavy atom. The van der Waals surface area contributed by atoms with Gasteiger partial charge in [-0.2, -0.15) is 0 Å². The molecule has 0 spiro atoms. The first kappa shape index (κ1) is 17.4. The van der Waals surface area contributed by atoms with Crippen molar-refractivity contribution in [3.8, 4) is 0 Å². The van der Waals surface area contributed by atoms with Gasteiger partial charge in [0.05, 0.1) is 0 Å². The lowest BCUT2D eigenvalue weighted by Crippen LogP contribution is -2.55. The Balaban J connectivity index is 0. The van der Waals surface area contributed by atoms with Gasteiger partial charge in [-0.25, -0.2) is 0 Å². The van der Waals surface area contributed by atoms with Crippen molar-refractivity contribution >= 4 is 0 Å². The standard InChI is InChI=1S/C10H21N.2C2H6/c1-4-7-10(5-2)8-11(6-3)9-10;2*1-2/h4-9H2,1-3H3;2*1-2H3. The zero-order chi connectivity index (χ0) is 12.3. The van der Waals surface area contributed by atoms with E-state index in [4.69, 9.17) is 0 Å². The minimum atomic E-state index is 0.713. The average molecular weight is 215 g/mol. The topological polar surface area (TPSA) is 3.24 Å². The molecule has 1 heterocycles. The van der Waals surface area contributed by atoms with Crippen LogP contribution in [0.2, 0.25) is 0 Å². The van der Waals surface area contributed by atoms with Crippen molar-refractivity contribution in [2.24, 2.45) is 5.41 Å². The maximum absolute atomic E-state index is 2.54. The third kappa shape index (κ3) is 5.55. The Bertz CT molecular complexity index is 115. The van der Waals surface area contributed by atoms with E-state index in [1.807, 2.05) is 27.7 Å². The lowest BCUT2D eigenvalue weighted by atomic mass is 9.74. The van der Waals surface area contributed by atoms with Crippen LogP contribution in [0.5, 0.6) is 0 Å². The van der Waals surface area contributed by atoms with Crippen molar-refractivity contribution in [3.63, 3.8) is 0 Å². The lowest BCUT2D eigenvalue weighted by Gasteiger charge is -2.50. The normalized spacial score (nSPS) is 17.8. The van der Waals surface area contributed by atoms with Gasteiger partial charge >= 0.3 is 0 Å². The van der Waals surface area contributed by atoms with Gasteiger partial charge in [-0.1, -0.05) is 54.9 Å². The molecule has 0 aliphatic carbocycles. The summed E-state index contributed by atoms with van der Waals surface area (Å²) >= 11 is 0. The second kappa shape index (κ2) is 10.5. The summed E-state index contributed by atoms with van der Waals surface area (Å²) in [4.78, 5) is 2.54. The van der Waals surface area contributed by atoms with Gasteiger partial charge in [0.25, 0.3) is 0 Å². The summed E-state index contributed by atoms with van der Waals surface area (Å²) in [6.07, 6.45) is 4.16. The maximum Gasteiger partial charge on any atom is 0.00503 e. The van der Waals surface area contributed by atoms with Crippen LogP contribution in [0.3, 0.4) is 0 Å². The zero-order valence-corrected chi connectivity index (χ0v) is 12.2. The molecule has 0 aromatic rings. The molecule has 0 saturated carbocycles. The van der Waals surface area contributed by atoms with Crippen LogP contribution in [-0.4, -0.2) is 24.5 Å². The fourth-order valence-corrected chi connectivity index (χ4v) is 2.21. The Hall–Kier alpha value is -0.0400. The molecule has 94 valence electrons. The Morgan fingerprint density at radius 2 is 1.40 bits per heavy atom. The van der Waals surface area contributed by atoms with Crippen LogP contribution in [-0.2, 0) is 0 Å². The smallest absolute Gasteiger partial charge is 0.00503 e. The van der Waals surface area contributed by atoms with E-state index >= 15 is 0 Å². The fourth-order valence-electron chi connectivity index (χ4n) is 2.21. The molecule has 1 nitrogen and oxygen atoms in total. The molecule has 1 saturated heterocycles. The highest BCUT2D eigenvalue weighted by Crippen LogP contribution is 2.37. The minimum absolute atomic E-state index is 0.713. The van der Waals surface area contributed by atoms with Crippen molar-refractivity contribution in [2.75, 3.05) is 19.6 Å². The zero-order valence-electron chi connectivity index (χ0n) is 12.2. The van der Waals surface area contributed by atoms with Gasteiger partial charge in [-0.15, -0.1) is 0 Å². The predicted octanol–water partition coefficient (Wildman–Crippen LogP) is 4.57. The molecule has 0 atom stereocenters. The van der Waals surface area contributed by atoms with Crippen LogP contribution in [0.25, 0.3) is 0 Å². The summed E-state index contributed by atoms with van der Waals surface area (Å²) in [5.74, 6) is 0. The van der Waals surface area contributed by atoms with E-state index in [0.29, 0.717) is 5.41 Å². The van der Waals surface area contributed by atoms with Crippen LogP contribution >= 0.6 is 0 Å². The first-order valence-corrected chi connectivity index (χ1v) is 6.98. The molecule has 0 unspecified atom stereocenters. The Kier molecular flexibility index (Phi) is 12.1. The third-order valence-corrected chi connectivity index (χ3v) is 3.10. The summed E-state index contributed by atoms with van der Waals surface area (Å²) in [5.41, 5.74) is 0.713. The van der Waals surface area contributed by atoms with Gasteiger partial charge in [0.2, 0.25) is 0 Å². The van der Waals surface area contributed by atoms with E-state index in [1.165, 1.54) is 38.9 Å². The molecule has 0 aromatic heterocycles. The van der Waals surface area contributed by atoms with Crippen molar-refractivity contribution < 1.29 is 0 Å².